The van der Waals surface area contributed by atoms with Crippen LogP contribution in [0.25, 0.3) is 11.4 Å². The third kappa shape index (κ3) is 3.99. The van der Waals surface area contributed by atoms with E-state index in [4.69, 9.17) is 40.5 Å². The second-order valence-corrected chi connectivity index (χ2v) is 7.10. The van der Waals surface area contributed by atoms with Crippen molar-refractivity contribution in [1.82, 2.24) is 24.2 Å². The maximum atomic E-state index is 6.29. The van der Waals surface area contributed by atoms with Crippen molar-refractivity contribution >= 4 is 35.4 Å². The molecule has 3 rings (SSSR count). The number of hydrogen-bond donors (Lipinski definition) is 0. The van der Waals surface area contributed by atoms with Crippen molar-refractivity contribution < 1.29 is 0 Å². The Morgan fingerprint density at radius 2 is 1.88 bits per heavy atom. The number of rotatable bonds is 6. The maximum Gasteiger partial charge on any atom is 0.199 e. The molecule has 0 saturated heterocycles. The van der Waals surface area contributed by atoms with Crippen LogP contribution in [0.1, 0.15) is 12.5 Å². The molecular formula is C18H19Cl2N5S. The molecule has 0 radical (unpaired) electrons. The molecule has 0 unspecified atom stereocenters. The molecule has 0 aliphatic rings. The van der Waals surface area contributed by atoms with E-state index in [1.807, 2.05) is 40.6 Å². The van der Waals surface area contributed by atoms with Gasteiger partial charge in [-0.3, -0.25) is 9.88 Å². The Hall–Kier alpha value is -1.73. The van der Waals surface area contributed by atoms with Gasteiger partial charge in [0.15, 0.2) is 10.6 Å². The van der Waals surface area contributed by atoms with Gasteiger partial charge in [0.1, 0.15) is 0 Å². The second-order valence-electron chi connectivity index (χ2n) is 5.95. The van der Waals surface area contributed by atoms with Gasteiger partial charge in [0, 0.05) is 31.0 Å². The first-order chi connectivity index (χ1) is 12.5. The molecule has 0 spiro atoms. The van der Waals surface area contributed by atoms with Crippen LogP contribution in [-0.2, 0) is 19.8 Å². The van der Waals surface area contributed by atoms with Gasteiger partial charge in [-0.05, 0) is 50.0 Å². The van der Waals surface area contributed by atoms with E-state index in [1.165, 1.54) is 0 Å². The van der Waals surface area contributed by atoms with Crippen LogP contribution in [-0.4, -0.2) is 31.3 Å². The first kappa shape index (κ1) is 19.0. The molecule has 5 nitrogen and oxygen atoms in total. The average molecular weight is 408 g/mol. The summed E-state index contributed by atoms with van der Waals surface area (Å²) in [5.41, 5.74) is 1.96. The van der Waals surface area contributed by atoms with E-state index in [0.29, 0.717) is 28.0 Å². The highest BCUT2D eigenvalue weighted by atomic mass is 35.5. The van der Waals surface area contributed by atoms with Gasteiger partial charge in [-0.2, -0.15) is 5.10 Å². The minimum absolute atomic E-state index is 0.548. The Balaban J connectivity index is 1.85. The minimum atomic E-state index is 0.548. The largest absolute Gasteiger partial charge is 0.300 e. The SMILES string of the molecule is CCn1c(-c2ccncc2)nn(CN(C)Cc2cccc(Cl)c2Cl)c1=S. The van der Waals surface area contributed by atoms with E-state index in [9.17, 15) is 0 Å². The third-order valence-electron chi connectivity index (χ3n) is 4.02. The zero-order valence-corrected chi connectivity index (χ0v) is 16.9. The summed E-state index contributed by atoms with van der Waals surface area (Å²) in [6.07, 6.45) is 3.51. The number of aromatic nitrogens is 4. The Morgan fingerprint density at radius 3 is 2.58 bits per heavy atom. The molecule has 0 atom stereocenters. The van der Waals surface area contributed by atoms with E-state index in [1.54, 1.807) is 18.5 Å². The van der Waals surface area contributed by atoms with Crippen molar-refractivity contribution in [2.24, 2.45) is 0 Å². The van der Waals surface area contributed by atoms with Gasteiger partial charge < -0.3 is 4.57 Å². The van der Waals surface area contributed by atoms with Gasteiger partial charge in [-0.15, -0.1) is 0 Å². The highest BCUT2D eigenvalue weighted by Gasteiger charge is 2.14. The summed E-state index contributed by atoms with van der Waals surface area (Å²) in [5, 5.41) is 5.86. The van der Waals surface area contributed by atoms with Crippen molar-refractivity contribution in [2.75, 3.05) is 7.05 Å². The van der Waals surface area contributed by atoms with Gasteiger partial charge in [0.25, 0.3) is 0 Å². The van der Waals surface area contributed by atoms with Crippen molar-refractivity contribution in [2.45, 2.75) is 26.7 Å². The van der Waals surface area contributed by atoms with Crippen molar-refractivity contribution in [3.8, 4) is 11.4 Å². The summed E-state index contributed by atoms with van der Waals surface area (Å²) >= 11 is 18.0. The molecule has 0 fully saturated rings. The first-order valence-corrected chi connectivity index (χ1v) is 9.37. The topological polar surface area (TPSA) is 38.9 Å². The molecule has 2 heterocycles. The lowest BCUT2D eigenvalue weighted by Gasteiger charge is -2.17. The highest BCUT2D eigenvalue weighted by Crippen LogP contribution is 2.26. The zero-order valence-electron chi connectivity index (χ0n) is 14.6. The third-order valence-corrected chi connectivity index (χ3v) is 5.31. The maximum absolute atomic E-state index is 6.29. The van der Waals surface area contributed by atoms with Crippen molar-refractivity contribution in [3.05, 3.63) is 63.1 Å². The molecule has 2 aromatic heterocycles. The van der Waals surface area contributed by atoms with Crippen molar-refractivity contribution in [1.29, 1.82) is 0 Å². The Labute approximate surface area is 167 Å². The molecule has 8 heteroatoms. The van der Waals surface area contributed by atoms with E-state index in [-0.39, 0.29) is 0 Å². The fourth-order valence-electron chi connectivity index (χ4n) is 2.77. The van der Waals surface area contributed by atoms with Crippen LogP contribution >= 0.6 is 35.4 Å². The Morgan fingerprint density at radius 1 is 1.15 bits per heavy atom. The standard InChI is InChI=1S/C18H19Cl2N5S/c1-3-24-17(13-7-9-21-10-8-13)22-25(18(24)26)12-23(2)11-14-5-4-6-15(19)16(14)20/h4-10H,3,11-12H2,1-2H3. The summed E-state index contributed by atoms with van der Waals surface area (Å²) < 4.78 is 4.53. The van der Waals surface area contributed by atoms with E-state index in [2.05, 4.69) is 16.8 Å². The van der Waals surface area contributed by atoms with Gasteiger partial charge in [-0.1, -0.05) is 35.3 Å². The smallest absolute Gasteiger partial charge is 0.199 e. The number of halogens is 2. The molecular weight excluding hydrogens is 389 g/mol. The zero-order chi connectivity index (χ0) is 18.7. The predicted molar refractivity (Wildman–Crippen MR) is 108 cm³/mol. The molecule has 3 aromatic rings. The highest BCUT2D eigenvalue weighted by molar-refractivity contribution is 7.71. The lowest BCUT2D eigenvalue weighted by atomic mass is 10.2. The summed E-state index contributed by atoms with van der Waals surface area (Å²) in [6.45, 7) is 4.00. The summed E-state index contributed by atoms with van der Waals surface area (Å²) in [7, 11) is 2.00. The lowest BCUT2D eigenvalue weighted by Crippen LogP contribution is -2.22. The predicted octanol–water partition coefficient (Wildman–Crippen LogP) is 4.89. The van der Waals surface area contributed by atoms with Crippen LogP contribution in [0.3, 0.4) is 0 Å². The Kier molecular flexibility index (Phi) is 6.09. The normalized spacial score (nSPS) is 11.3. The van der Waals surface area contributed by atoms with E-state index in [0.717, 1.165) is 23.5 Å². The molecule has 26 heavy (non-hydrogen) atoms. The van der Waals surface area contributed by atoms with Gasteiger partial charge in [0.2, 0.25) is 0 Å². The van der Waals surface area contributed by atoms with E-state index >= 15 is 0 Å². The Bertz CT molecular complexity index is 952. The van der Waals surface area contributed by atoms with Crippen LogP contribution in [0.15, 0.2) is 42.7 Å². The number of nitrogens with zero attached hydrogens (tertiary/aromatic N) is 5. The van der Waals surface area contributed by atoms with Crippen LogP contribution in [0, 0.1) is 4.77 Å². The molecule has 0 amide bonds. The van der Waals surface area contributed by atoms with Crippen molar-refractivity contribution in [3.63, 3.8) is 0 Å². The van der Waals surface area contributed by atoms with Crippen LogP contribution in [0.2, 0.25) is 10.0 Å². The quantitative estimate of drug-likeness (QED) is 0.545. The number of pyridine rings is 1. The fraction of sp³-hybridized carbons (Fsp3) is 0.278. The fourth-order valence-corrected chi connectivity index (χ4v) is 3.47. The molecule has 0 bridgehead atoms. The van der Waals surface area contributed by atoms with Gasteiger partial charge in [-0.25, -0.2) is 4.68 Å². The van der Waals surface area contributed by atoms with Crippen LogP contribution in [0.5, 0.6) is 0 Å². The second kappa shape index (κ2) is 8.31. The van der Waals surface area contributed by atoms with E-state index < -0.39 is 0 Å². The monoisotopic (exact) mass is 407 g/mol. The minimum Gasteiger partial charge on any atom is -0.300 e. The molecule has 1 aromatic carbocycles. The summed E-state index contributed by atoms with van der Waals surface area (Å²) in [4.78, 5) is 6.16. The van der Waals surface area contributed by atoms with Crippen LogP contribution in [0.4, 0.5) is 0 Å². The lowest BCUT2D eigenvalue weighted by molar-refractivity contribution is 0.244. The summed E-state index contributed by atoms with van der Waals surface area (Å²) in [5.74, 6) is 0.842. The van der Waals surface area contributed by atoms with Crippen LogP contribution < -0.4 is 0 Å². The van der Waals surface area contributed by atoms with Gasteiger partial charge >= 0.3 is 0 Å². The molecule has 0 aliphatic heterocycles. The number of hydrogen-bond acceptors (Lipinski definition) is 4. The molecule has 0 saturated carbocycles. The molecule has 0 N–H and O–H groups in total. The molecule has 136 valence electrons. The first-order valence-electron chi connectivity index (χ1n) is 8.20. The average Bonchev–Trinajstić information content (AvgIpc) is 2.95. The summed E-state index contributed by atoms with van der Waals surface area (Å²) in [6, 6.07) is 9.52. The number of benzene rings is 1. The van der Waals surface area contributed by atoms with Gasteiger partial charge in [0.05, 0.1) is 16.7 Å². The molecule has 0 aliphatic carbocycles.